The van der Waals surface area contributed by atoms with Crippen molar-refractivity contribution in [2.75, 3.05) is 5.32 Å². The minimum atomic E-state index is -4.48. The van der Waals surface area contributed by atoms with Gasteiger partial charge in [-0.05, 0) is 49.9 Å². The van der Waals surface area contributed by atoms with Gasteiger partial charge in [0.15, 0.2) is 5.69 Å². The summed E-state index contributed by atoms with van der Waals surface area (Å²) in [5, 5.41) is 17.2. The molecule has 168 valence electrons. The van der Waals surface area contributed by atoms with Gasteiger partial charge in [-0.25, -0.2) is 9.97 Å². The van der Waals surface area contributed by atoms with Gasteiger partial charge in [-0.2, -0.15) is 13.2 Å². The van der Waals surface area contributed by atoms with E-state index < -0.39 is 18.1 Å². The van der Waals surface area contributed by atoms with E-state index in [0.29, 0.717) is 5.82 Å². The average molecular weight is 444 g/mol. The number of nitrogens with zero attached hydrogens (tertiary/aromatic N) is 4. The van der Waals surface area contributed by atoms with Crippen LogP contribution in [0.25, 0.3) is 11.3 Å². The highest BCUT2D eigenvalue weighted by molar-refractivity contribution is 5.51. The van der Waals surface area contributed by atoms with Crippen LogP contribution in [0.3, 0.4) is 0 Å². The predicted octanol–water partition coefficient (Wildman–Crippen LogP) is 4.00. The first kappa shape index (κ1) is 20.8. The van der Waals surface area contributed by atoms with Crippen molar-refractivity contribution in [3.63, 3.8) is 0 Å². The lowest BCUT2D eigenvalue weighted by atomic mass is 9.91. The Morgan fingerprint density at radius 1 is 1.03 bits per heavy atom. The lowest BCUT2D eigenvalue weighted by molar-refractivity contribution is -0.140. The highest BCUT2D eigenvalue weighted by Gasteiger charge is 2.34. The fourth-order valence-electron chi connectivity index (χ4n) is 4.29. The summed E-state index contributed by atoms with van der Waals surface area (Å²) < 4.78 is 42.4. The molecule has 0 radical (unpaired) electrons. The van der Waals surface area contributed by atoms with Gasteiger partial charge in [0.05, 0.1) is 0 Å². The molecule has 0 aliphatic heterocycles. The highest BCUT2D eigenvalue weighted by Crippen LogP contribution is 2.30. The van der Waals surface area contributed by atoms with Gasteiger partial charge in [-0.1, -0.05) is 6.07 Å². The molecule has 5 rings (SSSR count). The van der Waals surface area contributed by atoms with Crippen LogP contribution in [-0.2, 0) is 6.18 Å². The number of imidazole rings is 2. The van der Waals surface area contributed by atoms with Crippen LogP contribution >= 0.6 is 0 Å². The minimum absolute atomic E-state index is 0.133. The van der Waals surface area contributed by atoms with Gasteiger partial charge < -0.3 is 14.8 Å². The number of anilines is 1. The first-order chi connectivity index (χ1) is 15.4. The Kier molecular flexibility index (Phi) is 5.26. The van der Waals surface area contributed by atoms with Crippen LogP contribution in [0, 0.1) is 0 Å². The van der Waals surface area contributed by atoms with E-state index >= 15 is 0 Å². The molecule has 1 atom stereocenters. The Morgan fingerprint density at radius 3 is 2.59 bits per heavy atom. The number of halogens is 3. The molecule has 10 heteroatoms. The lowest BCUT2D eigenvalue weighted by Gasteiger charge is -2.32. The molecule has 1 fully saturated rings. The molecule has 0 spiro atoms. The van der Waals surface area contributed by atoms with Crippen LogP contribution in [0.15, 0.2) is 55.1 Å². The first-order valence-electron chi connectivity index (χ1n) is 10.6. The number of hydrogen-bond acceptors (Lipinski definition) is 5. The van der Waals surface area contributed by atoms with Gasteiger partial charge in [0, 0.05) is 42.4 Å². The molecular formula is C22H23F3N6O. The normalized spacial score (nSPS) is 20.6. The number of alkyl halides is 3. The molecule has 1 saturated carbocycles. The molecule has 4 aromatic rings. The Labute approximate surface area is 181 Å². The van der Waals surface area contributed by atoms with Crippen LogP contribution in [0.4, 0.5) is 19.0 Å². The summed E-state index contributed by atoms with van der Waals surface area (Å²) in [5.41, 5.74) is 0.896. The second kappa shape index (κ2) is 8.10. The molecular weight excluding hydrogens is 421 g/mol. The average Bonchev–Trinajstić information content (AvgIpc) is 3.42. The van der Waals surface area contributed by atoms with E-state index in [0.717, 1.165) is 43.1 Å². The van der Waals surface area contributed by atoms with Gasteiger partial charge >= 0.3 is 6.18 Å². The number of aromatic nitrogens is 4. The minimum Gasteiger partial charge on any atom is -0.374 e. The second-order valence-electron chi connectivity index (χ2n) is 8.18. The molecule has 0 aromatic carbocycles. The van der Waals surface area contributed by atoms with Gasteiger partial charge in [0.1, 0.15) is 23.3 Å². The van der Waals surface area contributed by atoms with Gasteiger partial charge in [-0.15, -0.1) is 0 Å². The van der Waals surface area contributed by atoms with E-state index in [2.05, 4.69) is 20.6 Å². The van der Waals surface area contributed by atoms with Crippen LogP contribution in [-0.4, -0.2) is 36.0 Å². The van der Waals surface area contributed by atoms with Crippen LogP contribution < -0.4 is 10.6 Å². The van der Waals surface area contributed by atoms with Crippen molar-refractivity contribution in [1.82, 2.24) is 24.1 Å². The van der Waals surface area contributed by atoms with Gasteiger partial charge in [0.25, 0.3) is 0 Å². The summed E-state index contributed by atoms with van der Waals surface area (Å²) in [5.74, 6) is 0.593. The molecule has 1 unspecified atom stereocenters. The molecule has 3 N–H and O–H groups in total. The smallest absolute Gasteiger partial charge is 0.374 e. The predicted molar refractivity (Wildman–Crippen MR) is 113 cm³/mol. The van der Waals surface area contributed by atoms with Crippen molar-refractivity contribution >= 4 is 17.1 Å². The van der Waals surface area contributed by atoms with Gasteiger partial charge in [0.2, 0.25) is 0 Å². The van der Waals surface area contributed by atoms with Crippen molar-refractivity contribution in [3.05, 3.63) is 66.4 Å². The number of hydrogen-bond donors (Lipinski definition) is 3. The monoisotopic (exact) mass is 444 g/mol. The van der Waals surface area contributed by atoms with E-state index in [-0.39, 0.29) is 17.7 Å². The third kappa shape index (κ3) is 4.15. The zero-order valence-electron chi connectivity index (χ0n) is 17.1. The van der Waals surface area contributed by atoms with Crippen LogP contribution in [0.2, 0.25) is 0 Å². The van der Waals surface area contributed by atoms with Crippen LogP contribution in [0.5, 0.6) is 0 Å². The maximum absolute atomic E-state index is 13.0. The number of aliphatic hydroxyl groups excluding tert-OH is 1. The van der Waals surface area contributed by atoms with Crippen molar-refractivity contribution in [2.24, 2.45) is 0 Å². The quantitative estimate of drug-likeness (QED) is 0.406. The number of pyridine rings is 2. The summed E-state index contributed by atoms with van der Waals surface area (Å²) in [6, 6.07) is 9.02. The lowest BCUT2D eigenvalue weighted by Crippen LogP contribution is -2.39. The topological polar surface area (TPSA) is 78.9 Å². The molecule has 7 nitrogen and oxygen atoms in total. The molecule has 0 saturated heterocycles. The van der Waals surface area contributed by atoms with Gasteiger partial charge in [-0.3, -0.25) is 9.72 Å². The fraction of sp³-hybridized carbons (Fsp3) is 0.364. The summed E-state index contributed by atoms with van der Waals surface area (Å²) in [4.78, 5) is 7.92. The molecule has 1 aliphatic rings. The van der Waals surface area contributed by atoms with Crippen LogP contribution in [0.1, 0.15) is 43.2 Å². The molecule has 4 heterocycles. The molecule has 0 amide bonds. The van der Waals surface area contributed by atoms with E-state index in [1.165, 1.54) is 4.40 Å². The van der Waals surface area contributed by atoms with E-state index in [1.807, 2.05) is 28.9 Å². The number of aliphatic hydroxyl groups is 1. The Morgan fingerprint density at radius 2 is 1.81 bits per heavy atom. The van der Waals surface area contributed by atoms with Crippen molar-refractivity contribution < 1.29 is 18.3 Å². The Bertz CT molecular complexity index is 1230. The van der Waals surface area contributed by atoms with Crippen molar-refractivity contribution in [1.29, 1.82) is 0 Å². The zero-order chi connectivity index (χ0) is 22.3. The first-order valence-corrected chi connectivity index (χ1v) is 10.6. The van der Waals surface area contributed by atoms with E-state index in [1.54, 1.807) is 24.4 Å². The third-order valence-corrected chi connectivity index (χ3v) is 5.99. The number of rotatable bonds is 5. The molecule has 0 bridgehead atoms. The summed E-state index contributed by atoms with van der Waals surface area (Å²) in [6.07, 6.45) is 4.54. The maximum Gasteiger partial charge on any atom is 0.434 e. The molecule has 32 heavy (non-hydrogen) atoms. The SMILES string of the molecule is OC(NC1CCC(Nc2cccc3nc(C(F)(F)F)cn23)CC1)c1ccn2ccnc2c1. The Balaban J connectivity index is 1.20. The zero-order valence-corrected chi connectivity index (χ0v) is 17.1. The molecule has 1 aliphatic carbocycles. The second-order valence-corrected chi connectivity index (χ2v) is 8.18. The largest absolute Gasteiger partial charge is 0.434 e. The highest BCUT2D eigenvalue weighted by atomic mass is 19.4. The Hall–Kier alpha value is -3.11. The maximum atomic E-state index is 13.0. The van der Waals surface area contributed by atoms with Crippen molar-refractivity contribution in [3.8, 4) is 0 Å². The molecule has 4 aromatic heterocycles. The number of nitrogens with one attached hydrogen (secondary N) is 2. The van der Waals surface area contributed by atoms with E-state index in [4.69, 9.17) is 0 Å². The number of fused-ring (bicyclic) bond motifs is 2. The summed E-state index contributed by atoms with van der Waals surface area (Å²) in [6.45, 7) is 0. The van der Waals surface area contributed by atoms with Crippen molar-refractivity contribution in [2.45, 2.75) is 50.2 Å². The summed E-state index contributed by atoms with van der Waals surface area (Å²) in [7, 11) is 0. The van der Waals surface area contributed by atoms with E-state index in [9.17, 15) is 18.3 Å². The summed E-state index contributed by atoms with van der Waals surface area (Å²) >= 11 is 0. The third-order valence-electron chi connectivity index (χ3n) is 5.99. The fourth-order valence-corrected chi connectivity index (χ4v) is 4.29. The standard InChI is InChI=1S/C22H23F3N6O/c23-22(24,25)17-13-31-18(2-1-3-19(31)29-17)27-15-4-6-16(7-5-15)28-21(32)14-8-10-30-11-9-26-20(30)12-14/h1-3,8-13,15-16,21,27-28,32H,4-7H2.